The van der Waals surface area contributed by atoms with Crippen molar-refractivity contribution in [3.8, 4) is 0 Å². The standard InChI is InChI=1S/C14H18ClN5/c1-3-20(2)13-10-12(18-14(15)19-13)17-9-7-11-6-4-5-8-16-11/h4-6,8,10H,3,7,9H2,1-2H3,(H,17,18,19). The van der Waals surface area contributed by atoms with Crippen molar-refractivity contribution in [1.82, 2.24) is 15.0 Å². The summed E-state index contributed by atoms with van der Waals surface area (Å²) >= 11 is 5.95. The zero-order chi connectivity index (χ0) is 14.4. The van der Waals surface area contributed by atoms with E-state index in [-0.39, 0.29) is 5.28 Å². The first-order valence-corrected chi connectivity index (χ1v) is 6.96. The van der Waals surface area contributed by atoms with Crippen molar-refractivity contribution in [1.29, 1.82) is 0 Å². The number of halogens is 1. The van der Waals surface area contributed by atoms with Gasteiger partial charge in [0.25, 0.3) is 0 Å². The second-order valence-electron chi connectivity index (χ2n) is 4.39. The molecule has 2 aromatic rings. The fourth-order valence-electron chi connectivity index (χ4n) is 1.72. The molecule has 0 aromatic carbocycles. The van der Waals surface area contributed by atoms with Crippen LogP contribution < -0.4 is 10.2 Å². The topological polar surface area (TPSA) is 53.9 Å². The van der Waals surface area contributed by atoms with Crippen molar-refractivity contribution in [3.63, 3.8) is 0 Å². The zero-order valence-corrected chi connectivity index (χ0v) is 12.4. The Kier molecular flexibility index (Phi) is 5.12. The number of pyridine rings is 1. The lowest BCUT2D eigenvalue weighted by atomic mass is 10.3. The van der Waals surface area contributed by atoms with Crippen molar-refractivity contribution in [2.75, 3.05) is 30.4 Å². The van der Waals surface area contributed by atoms with Crippen LogP contribution in [-0.2, 0) is 6.42 Å². The van der Waals surface area contributed by atoms with Gasteiger partial charge in [-0.3, -0.25) is 4.98 Å². The van der Waals surface area contributed by atoms with Gasteiger partial charge < -0.3 is 10.2 Å². The van der Waals surface area contributed by atoms with Crippen molar-refractivity contribution in [2.45, 2.75) is 13.3 Å². The Morgan fingerprint density at radius 3 is 2.85 bits per heavy atom. The summed E-state index contributed by atoms with van der Waals surface area (Å²) in [5, 5.41) is 3.50. The molecule has 0 unspecified atom stereocenters. The third-order valence-corrected chi connectivity index (χ3v) is 3.13. The summed E-state index contributed by atoms with van der Waals surface area (Å²) in [6, 6.07) is 7.80. The number of hydrogen-bond donors (Lipinski definition) is 1. The van der Waals surface area contributed by atoms with Crippen LogP contribution in [0.15, 0.2) is 30.5 Å². The summed E-state index contributed by atoms with van der Waals surface area (Å²) in [5.74, 6) is 1.55. The molecule has 0 bridgehead atoms. The molecule has 2 aromatic heterocycles. The highest BCUT2D eigenvalue weighted by atomic mass is 35.5. The minimum Gasteiger partial charge on any atom is -0.369 e. The molecular weight excluding hydrogens is 274 g/mol. The van der Waals surface area contributed by atoms with Crippen LogP contribution in [0.1, 0.15) is 12.6 Å². The summed E-state index contributed by atoms with van der Waals surface area (Å²) in [6.45, 7) is 3.67. The van der Waals surface area contributed by atoms with E-state index < -0.39 is 0 Å². The lowest BCUT2D eigenvalue weighted by Gasteiger charge is -2.16. The fourth-order valence-corrected chi connectivity index (χ4v) is 1.90. The van der Waals surface area contributed by atoms with Gasteiger partial charge in [-0.25, -0.2) is 9.97 Å². The smallest absolute Gasteiger partial charge is 0.226 e. The van der Waals surface area contributed by atoms with Crippen LogP contribution in [0, 0.1) is 0 Å². The first kappa shape index (κ1) is 14.5. The number of nitrogens with zero attached hydrogens (tertiary/aromatic N) is 4. The quantitative estimate of drug-likeness (QED) is 0.829. The molecule has 106 valence electrons. The molecule has 0 aliphatic carbocycles. The van der Waals surface area contributed by atoms with Crippen LogP contribution in [0.4, 0.5) is 11.6 Å². The van der Waals surface area contributed by atoms with Gasteiger partial charge >= 0.3 is 0 Å². The molecule has 1 N–H and O–H groups in total. The van der Waals surface area contributed by atoms with Crippen LogP contribution in [-0.4, -0.2) is 35.1 Å². The van der Waals surface area contributed by atoms with Gasteiger partial charge in [-0.2, -0.15) is 0 Å². The largest absolute Gasteiger partial charge is 0.369 e. The van der Waals surface area contributed by atoms with Gasteiger partial charge in [0.15, 0.2) is 0 Å². The van der Waals surface area contributed by atoms with E-state index in [1.54, 1.807) is 6.20 Å². The predicted octanol–water partition coefficient (Wildman–Crippen LogP) is 2.64. The van der Waals surface area contributed by atoms with Crippen LogP contribution in [0.25, 0.3) is 0 Å². The molecule has 20 heavy (non-hydrogen) atoms. The minimum atomic E-state index is 0.253. The Morgan fingerprint density at radius 2 is 2.15 bits per heavy atom. The molecule has 2 heterocycles. The lowest BCUT2D eigenvalue weighted by Crippen LogP contribution is -2.18. The maximum atomic E-state index is 5.95. The van der Waals surface area contributed by atoms with Gasteiger partial charge in [0.05, 0.1) is 0 Å². The Labute approximate surface area is 124 Å². The maximum absolute atomic E-state index is 5.95. The molecule has 0 aliphatic rings. The lowest BCUT2D eigenvalue weighted by molar-refractivity contribution is 0.920. The summed E-state index contributed by atoms with van der Waals surface area (Å²) in [4.78, 5) is 14.7. The Balaban J connectivity index is 1.97. The normalized spacial score (nSPS) is 10.3. The highest BCUT2D eigenvalue weighted by Crippen LogP contribution is 2.17. The van der Waals surface area contributed by atoms with Crippen LogP contribution in [0.2, 0.25) is 5.28 Å². The molecule has 2 rings (SSSR count). The molecule has 0 fully saturated rings. The molecule has 0 radical (unpaired) electrons. The second-order valence-corrected chi connectivity index (χ2v) is 4.73. The first-order chi connectivity index (χ1) is 9.69. The van der Waals surface area contributed by atoms with Crippen molar-refractivity contribution < 1.29 is 0 Å². The fraction of sp³-hybridized carbons (Fsp3) is 0.357. The molecule has 6 heteroatoms. The van der Waals surface area contributed by atoms with Crippen LogP contribution in [0.3, 0.4) is 0 Å². The minimum absolute atomic E-state index is 0.253. The average Bonchev–Trinajstić information content (AvgIpc) is 2.47. The van der Waals surface area contributed by atoms with Crippen LogP contribution in [0.5, 0.6) is 0 Å². The monoisotopic (exact) mass is 291 g/mol. The third kappa shape index (κ3) is 4.06. The molecule has 0 saturated carbocycles. The maximum Gasteiger partial charge on any atom is 0.226 e. The van der Waals surface area contributed by atoms with Crippen molar-refractivity contribution in [2.24, 2.45) is 0 Å². The summed E-state index contributed by atoms with van der Waals surface area (Å²) < 4.78 is 0. The van der Waals surface area contributed by atoms with Gasteiger partial charge in [-0.15, -0.1) is 0 Å². The molecule has 0 saturated heterocycles. The Bertz CT molecular complexity index is 547. The first-order valence-electron chi connectivity index (χ1n) is 6.58. The second kappa shape index (κ2) is 7.05. The molecule has 5 nitrogen and oxygen atoms in total. The predicted molar refractivity (Wildman–Crippen MR) is 82.4 cm³/mol. The van der Waals surface area contributed by atoms with Gasteiger partial charge in [-0.05, 0) is 30.7 Å². The third-order valence-electron chi connectivity index (χ3n) is 2.96. The van der Waals surface area contributed by atoms with Gasteiger partial charge in [-0.1, -0.05) is 6.07 Å². The Morgan fingerprint density at radius 1 is 1.30 bits per heavy atom. The van der Waals surface area contributed by atoms with E-state index >= 15 is 0 Å². The van der Waals surface area contributed by atoms with E-state index in [1.807, 2.05) is 36.2 Å². The van der Waals surface area contributed by atoms with E-state index in [4.69, 9.17) is 11.6 Å². The number of hydrogen-bond acceptors (Lipinski definition) is 5. The summed E-state index contributed by atoms with van der Waals surface area (Å²) in [6.07, 6.45) is 2.63. The molecule has 0 amide bonds. The summed E-state index contributed by atoms with van der Waals surface area (Å²) in [7, 11) is 1.97. The highest BCUT2D eigenvalue weighted by Gasteiger charge is 2.06. The van der Waals surface area contributed by atoms with E-state index in [0.29, 0.717) is 0 Å². The number of nitrogens with one attached hydrogen (secondary N) is 1. The Hall–Kier alpha value is -1.88. The van der Waals surface area contributed by atoms with E-state index in [2.05, 4.69) is 27.2 Å². The number of anilines is 2. The molecule has 0 spiro atoms. The van der Waals surface area contributed by atoms with Crippen molar-refractivity contribution in [3.05, 3.63) is 41.4 Å². The van der Waals surface area contributed by atoms with E-state index in [9.17, 15) is 0 Å². The van der Waals surface area contributed by atoms with Crippen molar-refractivity contribution >= 4 is 23.2 Å². The molecule has 0 aliphatic heterocycles. The van der Waals surface area contributed by atoms with Gasteiger partial charge in [0, 0.05) is 44.5 Å². The average molecular weight is 292 g/mol. The van der Waals surface area contributed by atoms with E-state index in [1.165, 1.54) is 0 Å². The number of rotatable bonds is 6. The summed E-state index contributed by atoms with van der Waals surface area (Å²) in [5.41, 5.74) is 1.05. The SMILES string of the molecule is CCN(C)c1cc(NCCc2ccccn2)nc(Cl)n1. The highest BCUT2D eigenvalue weighted by molar-refractivity contribution is 6.28. The van der Waals surface area contributed by atoms with E-state index in [0.717, 1.165) is 36.8 Å². The van der Waals surface area contributed by atoms with Crippen LogP contribution >= 0.6 is 11.6 Å². The molecule has 0 atom stereocenters. The van der Waals surface area contributed by atoms with Gasteiger partial charge in [0.1, 0.15) is 11.6 Å². The zero-order valence-electron chi connectivity index (χ0n) is 11.7. The molecular formula is C14H18ClN5. The van der Waals surface area contributed by atoms with Gasteiger partial charge in [0.2, 0.25) is 5.28 Å². The number of aromatic nitrogens is 3.